The molecule has 24 heavy (non-hydrogen) atoms. The van der Waals surface area contributed by atoms with E-state index in [2.05, 4.69) is 47.8 Å². The molecule has 1 atom stereocenters. The third-order valence-electron chi connectivity index (χ3n) is 4.85. The van der Waals surface area contributed by atoms with Crippen molar-refractivity contribution in [3.63, 3.8) is 0 Å². The second-order valence-electron chi connectivity index (χ2n) is 6.35. The van der Waals surface area contributed by atoms with Gasteiger partial charge in [-0.3, -0.25) is 4.90 Å². The molecule has 3 rings (SSSR count). The predicted octanol–water partition coefficient (Wildman–Crippen LogP) is 4.52. The van der Waals surface area contributed by atoms with Crippen molar-refractivity contribution >= 4 is 53.9 Å². The molecule has 1 aromatic rings. The van der Waals surface area contributed by atoms with Crippen molar-refractivity contribution in [3.05, 3.63) is 23.3 Å². The number of cyclic esters (lactones) is 1. The van der Waals surface area contributed by atoms with Gasteiger partial charge in [0.15, 0.2) is 13.6 Å². The number of nitrogens with zero attached hydrogens (tertiary/aromatic N) is 1. The Bertz CT molecular complexity index is 701. The fraction of sp³-hybridized carbons (Fsp3) is 0.562. The van der Waals surface area contributed by atoms with Crippen LogP contribution in [0.15, 0.2) is 12.1 Å². The average molecular weight is 528 g/mol. The minimum absolute atomic E-state index is 0.330. The summed E-state index contributed by atoms with van der Waals surface area (Å²) in [5, 5.41) is 0. The fourth-order valence-corrected chi connectivity index (χ4v) is 6.60. The minimum atomic E-state index is -0.815. The Morgan fingerprint density at radius 1 is 1.17 bits per heavy atom. The monoisotopic (exact) mass is 525 g/mol. The Kier molecular flexibility index (Phi) is 4.41. The summed E-state index contributed by atoms with van der Waals surface area (Å²) in [5.41, 5.74) is 0.436. The average Bonchev–Trinajstić information content (AvgIpc) is 2.72. The lowest BCUT2D eigenvalue weighted by Gasteiger charge is -2.51. The van der Waals surface area contributed by atoms with Gasteiger partial charge in [-0.25, -0.2) is 4.79 Å². The highest BCUT2D eigenvalue weighted by Gasteiger charge is 2.71. The molecule has 1 saturated heterocycles. The number of carbonyl (C=O) groups excluding carboxylic acids is 1. The van der Waals surface area contributed by atoms with Crippen LogP contribution in [0, 0.1) is 0 Å². The van der Waals surface area contributed by atoms with Crippen LogP contribution in [0.4, 0.5) is 4.79 Å². The molecule has 0 saturated carbocycles. The zero-order valence-corrected chi connectivity index (χ0v) is 18.5. The molecule has 0 spiro atoms. The normalized spacial score (nSPS) is 25.0. The van der Waals surface area contributed by atoms with Gasteiger partial charge in [-0.05, 0) is 43.5 Å². The van der Waals surface area contributed by atoms with Crippen LogP contribution < -0.4 is 9.47 Å². The van der Waals surface area contributed by atoms with Gasteiger partial charge in [-0.1, -0.05) is 47.8 Å². The Hall–Kier alpha value is -0.470. The van der Waals surface area contributed by atoms with Crippen LogP contribution >= 0.6 is 47.8 Å². The topological polar surface area (TPSA) is 48.0 Å². The molecule has 5 nitrogen and oxygen atoms in total. The highest BCUT2D eigenvalue weighted by atomic mass is 80.0. The molecule has 132 valence electrons. The summed E-state index contributed by atoms with van der Waals surface area (Å²) in [7, 11) is 3.22. The molecular formula is C16H18Br3NO4. The number of ether oxygens (including phenoxy) is 3. The first-order valence-electron chi connectivity index (χ1n) is 7.43. The van der Waals surface area contributed by atoms with E-state index < -0.39 is 13.3 Å². The third-order valence-corrected chi connectivity index (χ3v) is 6.57. The summed E-state index contributed by atoms with van der Waals surface area (Å²) in [4.78, 5) is 14.3. The van der Waals surface area contributed by atoms with Gasteiger partial charge in [-0.15, -0.1) is 0 Å². The van der Waals surface area contributed by atoms with E-state index in [1.54, 1.807) is 19.1 Å². The van der Waals surface area contributed by atoms with Crippen molar-refractivity contribution in [3.8, 4) is 11.5 Å². The highest BCUT2D eigenvalue weighted by Crippen LogP contribution is 2.64. The first-order chi connectivity index (χ1) is 11.1. The summed E-state index contributed by atoms with van der Waals surface area (Å²) >= 11 is 11.0. The zero-order chi connectivity index (χ0) is 17.9. The van der Waals surface area contributed by atoms with Gasteiger partial charge in [0.05, 0.1) is 14.2 Å². The van der Waals surface area contributed by atoms with Gasteiger partial charge in [0.2, 0.25) is 0 Å². The largest absolute Gasteiger partial charge is 0.493 e. The van der Waals surface area contributed by atoms with Crippen LogP contribution in [0.1, 0.15) is 25.0 Å². The second kappa shape index (κ2) is 5.77. The second-order valence-corrected chi connectivity index (χ2v) is 13.1. The molecule has 1 amide bonds. The quantitative estimate of drug-likeness (QED) is 0.530. The molecule has 1 unspecified atom stereocenters. The first kappa shape index (κ1) is 18.3. The van der Waals surface area contributed by atoms with Crippen molar-refractivity contribution in [1.29, 1.82) is 0 Å². The highest BCUT2D eigenvalue weighted by molar-refractivity contribution is 9.39. The molecule has 8 heteroatoms. The lowest BCUT2D eigenvalue weighted by atomic mass is 9.73. The lowest BCUT2D eigenvalue weighted by Crippen LogP contribution is -2.63. The summed E-state index contributed by atoms with van der Waals surface area (Å²) in [5.74, 6) is 1.29. The first-order valence-corrected chi connectivity index (χ1v) is 9.80. The fourth-order valence-electron chi connectivity index (χ4n) is 3.88. The van der Waals surface area contributed by atoms with Gasteiger partial charge < -0.3 is 14.2 Å². The standard InChI is InChI=1S/C16H18Br3NO4/c1-14(2)15(16(17,18)19)10-8-12(23-4)11(22-3)7-9(10)5-6-20(15)13(21)24-14/h7-8H,5-6H2,1-4H3. The Labute approximate surface area is 166 Å². The number of halogens is 3. The van der Waals surface area contributed by atoms with E-state index in [-0.39, 0.29) is 6.09 Å². The van der Waals surface area contributed by atoms with Crippen LogP contribution in [-0.2, 0) is 16.7 Å². The number of benzene rings is 1. The van der Waals surface area contributed by atoms with Crippen LogP contribution in [0.25, 0.3) is 0 Å². The van der Waals surface area contributed by atoms with E-state index in [0.717, 1.165) is 11.1 Å². The van der Waals surface area contributed by atoms with E-state index in [1.165, 1.54) is 0 Å². The predicted molar refractivity (Wildman–Crippen MR) is 102 cm³/mol. The van der Waals surface area contributed by atoms with Crippen molar-refractivity contribution in [1.82, 2.24) is 4.90 Å². The van der Waals surface area contributed by atoms with E-state index in [0.29, 0.717) is 24.5 Å². The summed E-state index contributed by atoms with van der Waals surface area (Å²) in [6, 6.07) is 3.91. The number of rotatable bonds is 2. The Morgan fingerprint density at radius 3 is 2.29 bits per heavy atom. The maximum atomic E-state index is 12.5. The smallest absolute Gasteiger partial charge is 0.411 e. The number of alkyl halides is 3. The van der Waals surface area contributed by atoms with Crippen LogP contribution in [0.5, 0.6) is 11.5 Å². The van der Waals surface area contributed by atoms with Crippen molar-refractivity contribution < 1.29 is 19.0 Å². The lowest BCUT2D eigenvalue weighted by molar-refractivity contribution is 0.0158. The molecule has 1 fully saturated rings. The van der Waals surface area contributed by atoms with Crippen LogP contribution in [0.2, 0.25) is 0 Å². The number of methoxy groups -OCH3 is 2. The number of hydrogen-bond acceptors (Lipinski definition) is 4. The Morgan fingerprint density at radius 2 is 1.75 bits per heavy atom. The van der Waals surface area contributed by atoms with Gasteiger partial charge in [-0.2, -0.15) is 0 Å². The van der Waals surface area contributed by atoms with Crippen molar-refractivity contribution in [2.75, 3.05) is 20.8 Å². The van der Waals surface area contributed by atoms with Gasteiger partial charge in [0.25, 0.3) is 0 Å². The number of carbonyl (C=O) groups is 1. The maximum absolute atomic E-state index is 12.5. The van der Waals surface area contributed by atoms with Crippen molar-refractivity contribution in [2.24, 2.45) is 0 Å². The summed E-state index contributed by atoms with van der Waals surface area (Å²) in [6.45, 7) is 4.37. The van der Waals surface area contributed by atoms with E-state index in [1.807, 2.05) is 26.0 Å². The van der Waals surface area contributed by atoms with Crippen LogP contribution in [0.3, 0.4) is 0 Å². The number of amides is 1. The molecular weight excluding hydrogens is 510 g/mol. The maximum Gasteiger partial charge on any atom is 0.411 e. The van der Waals surface area contributed by atoms with Crippen LogP contribution in [-0.4, -0.2) is 39.5 Å². The molecule has 0 aliphatic carbocycles. The van der Waals surface area contributed by atoms with Gasteiger partial charge >= 0.3 is 6.09 Å². The Balaban J connectivity index is 2.37. The number of fused-ring (bicyclic) bond motifs is 3. The third kappa shape index (κ3) is 2.25. The summed E-state index contributed by atoms with van der Waals surface area (Å²) in [6.07, 6.45) is 0.384. The molecule has 2 aliphatic heterocycles. The molecule has 0 radical (unpaired) electrons. The van der Waals surface area contributed by atoms with Gasteiger partial charge in [0, 0.05) is 6.54 Å². The van der Waals surface area contributed by atoms with E-state index in [4.69, 9.17) is 14.2 Å². The SMILES string of the molecule is COc1cc2c(cc1OC)C1(C(Br)(Br)Br)N(CC2)C(=O)OC1(C)C. The molecule has 1 aromatic carbocycles. The van der Waals surface area contributed by atoms with Crippen molar-refractivity contribution in [2.45, 2.75) is 33.6 Å². The minimum Gasteiger partial charge on any atom is -0.493 e. The zero-order valence-electron chi connectivity index (χ0n) is 13.8. The number of hydrogen-bond donors (Lipinski definition) is 0. The van der Waals surface area contributed by atoms with Gasteiger partial charge in [0.1, 0.15) is 11.1 Å². The molecule has 0 aromatic heterocycles. The molecule has 2 heterocycles. The van der Waals surface area contributed by atoms with E-state index >= 15 is 0 Å². The summed E-state index contributed by atoms with van der Waals surface area (Å²) < 4.78 is 15.9. The molecule has 2 aliphatic rings. The molecule has 0 bridgehead atoms. The molecule has 0 N–H and O–H groups in total. The van der Waals surface area contributed by atoms with E-state index in [9.17, 15) is 4.79 Å².